The van der Waals surface area contributed by atoms with Gasteiger partial charge in [0.2, 0.25) is 0 Å². The van der Waals surface area contributed by atoms with E-state index in [-0.39, 0.29) is 5.92 Å². The Balaban J connectivity index is 3.05. The van der Waals surface area contributed by atoms with Gasteiger partial charge in [0.1, 0.15) is 5.82 Å². The van der Waals surface area contributed by atoms with E-state index in [4.69, 9.17) is 11.0 Å². The van der Waals surface area contributed by atoms with E-state index in [1.807, 2.05) is 19.1 Å². The molecule has 0 saturated heterocycles. The van der Waals surface area contributed by atoms with Crippen molar-refractivity contribution in [2.45, 2.75) is 19.8 Å². The molecule has 1 unspecified atom stereocenters. The number of rotatable bonds is 3. The van der Waals surface area contributed by atoms with Gasteiger partial charge in [-0.3, -0.25) is 0 Å². The molecule has 1 aromatic rings. The molecule has 1 heterocycles. The van der Waals surface area contributed by atoms with E-state index in [0.29, 0.717) is 11.5 Å². The van der Waals surface area contributed by atoms with Gasteiger partial charge < -0.3 is 10.6 Å². The molecule has 0 fully saturated rings. The normalized spacial score (nSPS) is 13.8. The van der Waals surface area contributed by atoms with Crippen molar-refractivity contribution < 1.29 is 5.21 Å². The number of nitrogens with two attached hydrogens (primary N) is 1. The summed E-state index contributed by atoms with van der Waals surface area (Å²) in [6, 6.07) is 3.71. The molecule has 0 aliphatic heterocycles. The van der Waals surface area contributed by atoms with Crippen molar-refractivity contribution in [3.05, 3.63) is 23.9 Å². The lowest BCUT2D eigenvalue weighted by Gasteiger charge is -2.13. The van der Waals surface area contributed by atoms with Crippen molar-refractivity contribution in [3.8, 4) is 0 Å². The van der Waals surface area contributed by atoms with Gasteiger partial charge in [-0.25, -0.2) is 10.8 Å². The topological polar surface area (TPSA) is 83.5 Å². The van der Waals surface area contributed by atoms with Gasteiger partial charge >= 0.3 is 0 Å². The monoisotopic (exact) mass is 194 g/mol. The number of anilines is 1. The lowest BCUT2D eigenvalue weighted by Crippen LogP contribution is -2.14. The fourth-order valence-corrected chi connectivity index (χ4v) is 1.20. The summed E-state index contributed by atoms with van der Waals surface area (Å²) in [7, 11) is 0. The third-order valence-corrected chi connectivity index (χ3v) is 2.23. The average molecular weight is 194 g/mol. The Hall–Kier alpha value is -1.62. The Labute approximate surface area is 82.6 Å². The number of oxime groups is 1. The smallest absolute Gasteiger partial charge is 0.143 e. The van der Waals surface area contributed by atoms with Crippen LogP contribution in [-0.4, -0.2) is 15.9 Å². The van der Waals surface area contributed by atoms with E-state index < -0.39 is 0 Å². The van der Waals surface area contributed by atoms with Gasteiger partial charge in [-0.1, -0.05) is 18.1 Å². The minimum Gasteiger partial charge on any atom is -0.411 e. The van der Waals surface area contributed by atoms with Crippen LogP contribution in [-0.2, 0) is 0 Å². The van der Waals surface area contributed by atoms with Crippen LogP contribution in [0.2, 0.25) is 0 Å². The lowest BCUT2D eigenvalue weighted by molar-refractivity contribution is 0.316. The highest BCUT2D eigenvalue weighted by molar-refractivity contribution is 5.89. The molecule has 0 bridgehead atoms. The predicted octanol–water partition coefficient (Wildman–Crippen LogP) is 1.32. The van der Waals surface area contributed by atoms with Crippen LogP contribution >= 0.6 is 0 Å². The van der Waals surface area contributed by atoms with Crippen LogP contribution in [0.25, 0.3) is 0 Å². The van der Waals surface area contributed by atoms with Gasteiger partial charge in [-0.15, -0.1) is 0 Å². The summed E-state index contributed by atoms with van der Waals surface area (Å²) in [5.41, 5.74) is 4.04. The molecule has 5 heteroatoms. The van der Waals surface area contributed by atoms with Crippen LogP contribution in [0.3, 0.4) is 0 Å². The number of aromatic nitrogens is 1. The first-order chi connectivity index (χ1) is 6.70. The number of nitrogens with one attached hydrogen (secondary N) is 1. The molecular weight excluding hydrogens is 180 g/mol. The highest BCUT2D eigenvalue weighted by Gasteiger charge is 2.13. The van der Waals surface area contributed by atoms with Crippen LogP contribution in [0.15, 0.2) is 23.5 Å². The Kier molecular flexibility index (Phi) is 3.41. The predicted molar refractivity (Wildman–Crippen MR) is 55.4 cm³/mol. The highest BCUT2D eigenvalue weighted by Crippen LogP contribution is 2.22. The van der Waals surface area contributed by atoms with Gasteiger partial charge in [0.25, 0.3) is 0 Å². The zero-order chi connectivity index (χ0) is 10.6. The second-order valence-electron chi connectivity index (χ2n) is 3.05. The van der Waals surface area contributed by atoms with Crippen molar-refractivity contribution in [1.82, 2.24) is 4.98 Å². The van der Waals surface area contributed by atoms with Crippen LogP contribution in [0.1, 0.15) is 25.3 Å². The summed E-state index contributed by atoms with van der Waals surface area (Å²) in [6.07, 6.45) is 1.65. The lowest BCUT2D eigenvalue weighted by atomic mass is 9.98. The summed E-state index contributed by atoms with van der Waals surface area (Å²) in [4.78, 5) is 4.06. The molecule has 5 nitrogen and oxygen atoms in total. The quantitative estimate of drug-likeness (QED) is 0.293. The van der Waals surface area contributed by atoms with Gasteiger partial charge in [0.05, 0.1) is 5.71 Å². The van der Waals surface area contributed by atoms with Gasteiger partial charge in [-0.05, 0) is 13.0 Å². The van der Waals surface area contributed by atoms with Crippen LogP contribution in [0.5, 0.6) is 0 Å². The third-order valence-electron chi connectivity index (χ3n) is 2.23. The van der Waals surface area contributed by atoms with E-state index in [1.54, 1.807) is 13.1 Å². The Bertz CT molecular complexity index is 337. The summed E-state index contributed by atoms with van der Waals surface area (Å²) >= 11 is 0. The van der Waals surface area contributed by atoms with E-state index in [9.17, 15) is 0 Å². The molecule has 0 aliphatic rings. The molecule has 0 radical (unpaired) electrons. The SMILES string of the molecule is C/C(=N\O)C(C)c1cccnc1NN. The summed E-state index contributed by atoms with van der Waals surface area (Å²) in [5, 5.41) is 11.8. The molecule has 0 aliphatic carbocycles. The number of nitrogens with zero attached hydrogens (tertiary/aromatic N) is 2. The molecule has 1 rings (SSSR count). The maximum absolute atomic E-state index is 8.65. The molecule has 4 N–H and O–H groups in total. The molecule has 0 amide bonds. The Morgan fingerprint density at radius 1 is 1.71 bits per heavy atom. The Morgan fingerprint density at radius 2 is 2.43 bits per heavy atom. The molecule has 76 valence electrons. The first-order valence-corrected chi connectivity index (χ1v) is 4.30. The number of nitrogen functional groups attached to an aromatic ring is 1. The molecule has 0 saturated carbocycles. The van der Waals surface area contributed by atoms with Crippen LogP contribution in [0, 0.1) is 0 Å². The van der Waals surface area contributed by atoms with Crippen molar-refractivity contribution in [3.63, 3.8) is 0 Å². The third kappa shape index (κ3) is 2.00. The fourth-order valence-electron chi connectivity index (χ4n) is 1.20. The van der Waals surface area contributed by atoms with Gasteiger partial charge in [-0.2, -0.15) is 0 Å². The van der Waals surface area contributed by atoms with E-state index in [2.05, 4.69) is 15.6 Å². The largest absolute Gasteiger partial charge is 0.411 e. The summed E-state index contributed by atoms with van der Waals surface area (Å²) in [6.45, 7) is 3.67. The highest BCUT2D eigenvalue weighted by atomic mass is 16.4. The van der Waals surface area contributed by atoms with Crippen molar-refractivity contribution in [2.24, 2.45) is 11.0 Å². The minimum atomic E-state index is -0.0141. The van der Waals surface area contributed by atoms with Crippen molar-refractivity contribution in [2.75, 3.05) is 5.43 Å². The van der Waals surface area contributed by atoms with Crippen LogP contribution in [0.4, 0.5) is 5.82 Å². The number of hydrazine groups is 1. The second-order valence-corrected chi connectivity index (χ2v) is 3.05. The standard InChI is InChI=1S/C9H14N4O/c1-6(7(2)13-14)8-4-3-5-11-9(8)12-10/h3-6,14H,10H2,1-2H3,(H,11,12)/b13-7+. The zero-order valence-electron chi connectivity index (χ0n) is 8.23. The number of hydrogen-bond donors (Lipinski definition) is 3. The first-order valence-electron chi connectivity index (χ1n) is 4.30. The molecular formula is C9H14N4O. The second kappa shape index (κ2) is 4.57. The molecule has 0 aromatic carbocycles. The maximum atomic E-state index is 8.65. The first kappa shape index (κ1) is 10.5. The molecule has 0 spiro atoms. The van der Waals surface area contributed by atoms with E-state index in [0.717, 1.165) is 5.56 Å². The zero-order valence-corrected chi connectivity index (χ0v) is 8.23. The Morgan fingerprint density at radius 3 is 3.00 bits per heavy atom. The van der Waals surface area contributed by atoms with E-state index in [1.165, 1.54) is 0 Å². The minimum absolute atomic E-state index is 0.0141. The number of pyridine rings is 1. The maximum Gasteiger partial charge on any atom is 0.143 e. The van der Waals surface area contributed by atoms with Gasteiger partial charge in [0, 0.05) is 17.7 Å². The van der Waals surface area contributed by atoms with Crippen molar-refractivity contribution in [1.29, 1.82) is 0 Å². The molecule has 1 aromatic heterocycles. The molecule has 1 atom stereocenters. The fraction of sp³-hybridized carbons (Fsp3) is 0.333. The average Bonchev–Trinajstić information content (AvgIpc) is 2.26. The van der Waals surface area contributed by atoms with Crippen molar-refractivity contribution >= 4 is 11.5 Å². The summed E-state index contributed by atoms with van der Waals surface area (Å²) in [5.74, 6) is 5.90. The molecule has 14 heavy (non-hydrogen) atoms. The number of hydrogen-bond acceptors (Lipinski definition) is 5. The van der Waals surface area contributed by atoms with Gasteiger partial charge in [0.15, 0.2) is 0 Å². The van der Waals surface area contributed by atoms with Crippen LogP contribution < -0.4 is 11.3 Å². The summed E-state index contributed by atoms with van der Waals surface area (Å²) < 4.78 is 0. The van der Waals surface area contributed by atoms with E-state index >= 15 is 0 Å².